The van der Waals surface area contributed by atoms with Gasteiger partial charge in [-0.1, -0.05) is 18.3 Å². The van der Waals surface area contributed by atoms with Gasteiger partial charge in [0.15, 0.2) is 0 Å². The summed E-state index contributed by atoms with van der Waals surface area (Å²) in [5.74, 6) is 0.848. The van der Waals surface area contributed by atoms with Crippen LogP contribution in [-0.2, 0) is 6.42 Å². The molecular formula is C15H19N3OS. The van der Waals surface area contributed by atoms with Crippen LogP contribution in [0.15, 0.2) is 29.6 Å². The van der Waals surface area contributed by atoms with Gasteiger partial charge in [0.1, 0.15) is 5.75 Å². The number of nitrogens with zero attached hydrogens (tertiary/aromatic N) is 2. The van der Waals surface area contributed by atoms with E-state index in [0.29, 0.717) is 0 Å². The van der Waals surface area contributed by atoms with Gasteiger partial charge in [0.05, 0.1) is 5.69 Å². The molecule has 106 valence electrons. The summed E-state index contributed by atoms with van der Waals surface area (Å²) in [7, 11) is 0. The summed E-state index contributed by atoms with van der Waals surface area (Å²) in [6, 6.07) is 8.28. The van der Waals surface area contributed by atoms with E-state index in [-0.39, 0.29) is 0 Å². The number of piperazine rings is 1. The molecule has 0 aliphatic carbocycles. The van der Waals surface area contributed by atoms with E-state index in [1.807, 2.05) is 17.5 Å². The van der Waals surface area contributed by atoms with E-state index in [4.69, 9.17) is 4.74 Å². The van der Waals surface area contributed by atoms with Gasteiger partial charge in [0.25, 0.3) is 5.19 Å². The number of hydrogen-bond donors (Lipinski definition) is 1. The van der Waals surface area contributed by atoms with Crippen LogP contribution in [0.2, 0.25) is 0 Å². The van der Waals surface area contributed by atoms with Gasteiger partial charge in [-0.2, -0.15) is 0 Å². The molecule has 20 heavy (non-hydrogen) atoms. The molecule has 1 saturated heterocycles. The molecule has 4 nitrogen and oxygen atoms in total. The summed E-state index contributed by atoms with van der Waals surface area (Å²) in [5.41, 5.74) is 2.34. The standard InChI is InChI=1S/C15H19N3OS/c1-2-12-11-20-15(17-12)19-14-5-3-13(4-6-14)18-9-7-16-8-10-18/h3-6,11,16H,2,7-10H2,1H3. The number of rotatable bonds is 4. The zero-order valence-corrected chi connectivity index (χ0v) is 12.4. The zero-order valence-electron chi connectivity index (χ0n) is 11.6. The van der Waals surface area contributed by atoms with Gasteiger partial charge in [-0.3, -0.25) is 0 Å². The first-order valence-electron chi connectivity index (χ1n) is 7.03. The highest BCUT2D eigenvalue weighted by molar-refractivity contribution is 7.11. The maximum atomic E-state index is 5.78. The van der Waals surface area contributed by atoms with E-state index in [1.165, 1.54) is 5.69 Å². The van der Waals surface area contributed by atoms with Crippen LogP contribution in [0.5, 0.6) is 10.9 Å². The van der Waals surface area contributed by atoms with Crippen LogP contribution in [0.3, 0.4) is 0 Å². The summed E-state index contributed by atoms with van der Waals surface area (Å²) in [5, 5.41) is 6.13. The Balaban J connectivity index is 1.66. The topological polar surface area (TPSA) is 37.4 Å². The number of hydrogen-bond acceptors (Lipinski definition) is 5. The predicted octanol–water partition coefficient (Wildman–Crippen LogP) is 2.91. The van der Waals surface area contributed by atoms with Crippen molar-refractivity contribution in [1.82, 2.24) is 10.3 Å². The molecule has 0 amide bonds. The molecule has 1 aliphatic heterocycles. The quantitative estimate of drug-likeness (QED) is 0.939. The first-order chi connectivity index (χ1) is 9.85. The van der Waals surface area contributed by atoms with Crippen molar-refractivity contribution in [3.63, 3.8) is 0 Å². The Kier molecular flexibility index (Phi) is 4.18. The van der Waals surface area contributed by atoms with E-state index in [0.717, 1.165) is 49.2 Å². The summed E-state index contributed by atoms with van der Waals surface area (Å²) in [6.45, 7) is 6.33. The van der Waals surface area contributed by atoms with Crippen LogP contribution >= 0.6 is 11.3 Å². The first-order valence-corrected chi connectivity index (χ1v) is 7.91. The number of aromatic nitrogens is 1. The van der Waals surface area contributed by atoms with Crippen molar-refractivity contribution in [2.75, 3.05) is 31.1 Å². The lowest BCUT2D eigenvalue weighted by atomic mass is 10.2. The average molecular weight is 289 g/mol. The highest BCUT2D eigenvalue weighted by atomic mass is 32.1. The molecule has 2 aromatic rings. The number of benzene rings is 1. The van der Waals surface area contributed by atoms with E-state index < -0.39 is 0 Å². The summed E-state index contributed by atoms with van der Waals surface area (Å²) >= 11 is 1.55. The third kappa shape index (κ3) is 3.11. The molecule has 3 rings (SSSR count). The molecule has 0 bridgehead atoms. The molecule has 5 heteroatoms. The maximum absolute atomic E-state index is 5.78. The van der Waals surface area contributed by atoms with Gasteiger partial charge in [-0.15, -0.1) is 0 Å². The predicted molar refractivity (Wildman–Crippen MR) is 83.1 cm³/mol. The van der Waals surface area contributed by atoms with Gasteiger partial charge in [-0.05, 0) is 30.7 Å². The van der Waals surface area contributed by atoms with E-state index in [9.17, 15) is 0 Å². The molecule has 0 spiro atoms. The summed E-state index contributed by atoms with van der Waals surface area (Å²) in [6.07, 6.45) is 0.946. The minimum atomic E-state index is 0.719. The van der Waals surface area contributed by atoms with Crippen LogP contribution in [0.25, 0.3) is 0 Å². The number of nitrogens with one attached hydrogen (secondary N) is 1. The van der Waals surface area contributed by atoms with Crippen LogP contribution in [-0.4, -0.2) is 31.2 Å². The Morgan fingerprint density at radius 2 is 2.00 bits per heavy atom. The lowest BCUT2D eigenvalue weighted by molar-refractivity contribution is 0.477. The third-order valence-corrected chi connectivity index (χ3v) is 4.18. The lowest BCUT2D eigenvalue weighted by Gasteiger charge is -2.29. The van der Waals surface area contributed by atoms with Gasteiger partial charge in [0.2, 0.25) is 0 Å². The number of ether oxygens (including phenoxy) is 1. The number of anilines is 1. The molecule has 1 aliphatic rings. The van der Waals surface area contributed by atoms with Crippen molar-refractivity contribution in [2.45, 2.75) is 13.3 Å². The summed E-state index contributed by atoms with van der Waals surface area (Å²) in [4.78, 5) is 6.80. The van der Waals surface area contributed by atoms with Gasteiger partial charge < -0.3 is 15.0 Å². The van der Waals surface area contributed by atoms with Crippen molar-refractivity contribution in [3.05, 3.63) is 35.3 Å². The Morgan fingerprint density at radius 1 is 1.25 bits per heavy atom. The molecule has 1 aromatic heterocycles. The SMILES string of the molecule is CCc1csc(Oc2ccc(N3CCNCC3)cc2)n1. The Bertz CT molecular complexity index is 547. The van der Waals surface area contributed by atoms with Crippen molar-refractivity contribution in [1.29, 1.82) is 0 Å². The second-order valence-electron chi connectivity index (χ2n) is 4.79. The Hall–Kier alpha value is -1.59. The normalized spacial score (nSPS) is 15.3. The van der Waals surface area contributed by atoms with Crippen molar-refractivity contribution < 1.29 is 4.74 Å². The van der Waals surface area contributed by atoms with Gasteiger partial charge >= 0.3 is 0 Å². The smallest absolute Gasteiger partial charge is 0.278 e. The highest BCUT2D eigenvalue weighted by Gasteiger charge is 2.10. The lowest BCUT2D eigenvalue weighted by Crippen LogP contribution is -2.43. The van der Waals surface area contributed by atoms with Crippen molar-refractivity contribution in [3.8, 4) is 10.9 Å². The molecule has 0 radical (unpaired) electrons. The molecule has 0 saturated carbocycles. The second-order valence-corrected chi connectivity index (χ2v) is 5.61. The minimum absolute atomic E-state index is 0.719. The fourth-order valence-corrected chi connectivity index (χ4v) is 3.02. The maximum Gasteiger partial charge on any atom is 0.278 e. The molecule has 1 N–H and O–H groups in total. The fraction of sp³-hybridized carbons (Fsp3) is 0.400. The Morgan fingerprint density at radius 3 is 2.65 bits per heavy atom. The molecule has 0 unspecified atom stereocenters. The Labute approximate surface area is 123 Å². The fourth-order valence-electron chi connectivity index (χ4n) is 2.25. The largest absolute Gasteiger partial charge is 0.431 e. The van der Waals surface area contributed by atoms with Crippen molar-refractivity contribution in [2.24, 2.45) is 0 Å². The minimum Gasteiger partial charge on any atom is -0.431 e. The van der Waals surface area contributed by atoms with Gasteiger partial charge in [-0.25, -0.2) is 4.98 Å². The molecule has 1 aromatic carbocycles. The average Bonchev–Trinajstić information content (AvgIpc) is 2.97. The molecule has 0 atom stereocenters. The zero-order chi connectivity index (χ0) is 13.8. The van der Waals surface area contributed by atoms with E-state index >= 15 is 0 Å². The van der Waals surface area contributed by atoms with Crippen LogP contribution in [0.1, 0.15) is 12.6 Å². The van der Waals surface area contributed by atoms with Crippen LogP contribution < -0.4 is 15.0 Å². The van der Waals surface area contributed by atoms with Crippen LogP contribution in [0, 0.1) is 0 Å². The molecule has 2 heterocycles. The highest BCUT2D eigenvalue weighted by Crippen LogP contribution is 2.27. The number of aryl methyl sites for hydroxylation is 1. The monoisotopic (exact) mass is 289 g/mol. The molecule has 1 fully saturated rings. The number of thiazole rings is 1. The van der Waals surface area contributed by atoms with E-state index in [1.54, 1.807) is 11.3 Å². The first kappa shape index (κ1) is 13.4. The van der Waals surface area contributed by atoms with Crippen LogP contribution in [0.4, 0.5) is 5.69 Å². The third-order valence-electron chi connectivity index (χ3n) is 3.42. The van der Waals surface area contributed by atoms with Gasteiger partial charge in [0, 0.05) is 37.2 Å². The van der Waals surface area contributed by atoms with Crippen molar-refractivity contribution >= 4 is 17.0 Å². The summed E-state index contributed by atoms with van der Waals surface area (Å²) < 4.78 is 5.78. The van der Waals surface area contributed by atoms with E-state index in [2.05, 4.69) is 34.3 Å². The second kappa shape index (κ2) is 6.24. The molecular weight excluding hydrogens is 270 g/mol.